The maximum Gasteiger partial charge on any atom is 0.336 e. The molecule has 0 bridgehead atoms. The fourth-order valence-corrected chi connectivity index (χ4v) is 2.44. The Kier molecular flexibility index (Phi) is 4.07. The third-order valence-electron chi connectivity index (χ3n) is 3.40. The van der Waals surface area contributed by atoms with E-state index in [1.54, 1.807) is 24.7 Å². The number of nitrogens with one attached hydrogen (secondary N) is 1. The number of urea groups is 1. The van der Waals surface area contributed by atoms with Gasteiger partial charge in [0.2, 0.25) is 0 Å². The molecule has 0 aliphatic heterocycles. The van der Waals surface area contributed by atoms with Gasteiger partial charge in [-0.25, -0.2) is 14.1 Å². The number of amides is 2. The van der Waals surface area contributed by atoms with Gasteiger partial charge < -0.3 is 14.6 Å². The topological polar surface area (TPSA) is 72.3 Å². The zero-order valence-electron chi connectivity index (χ0n) is 12.6. The minimum atomic E-state index is -0.433. The first-order valence-electron chi connectivity index (χ1n) is 6.80. The molecule has 118 valence electrons. The molecule has 0 aliphatic rings. The molecule has 0 saturated heterocycles. The number of rotatable bonds is 3. The third kappa shape index (κ3) is 2.80. The van der Waals surface area contributed by atoms with Gasteiger partial charge in [0.05, 0.1) is 30.8 Å². The van der Waals surface area contributed by atoms with Crippen molar-refractivity contribution in [2.45, 2.75) is 0 Å². The van der Waals surface area contributed by atoms with Crippen LogP contribution in [0.25, 0.3) is 11.0 Å². The number of ether oxygens (including phenoxy) is 1. The van der Waals surface area contributed by atoms with E-state index in [1.165, 1.54) is 13.3 Å². The molecule has 3 aromatic rings. The van der Waals surface area contributed by atoms with Gasteiger partial charge in [-0.05, 0) is 12.1 Å². The Labute approximate surface area is 138 Å². The number of para-hydroxylation sites is 1. The molecule has 0 radical (unpaired) electrons. The number of benzene rings is 1. The molecule has 2 heterocycles. The predicted octanol–water partition coefficient (Wildman–Crippen LogP) is 2.86. The number of aryl methyl sites for hydroxylation is 1. The number of hydrogen-bond acceptors (Lipinski definition) is 5. The van der Waals surface area contributed by atoms with E-state index >= 15 is 0 Å². The molecule has 0 fully saturated rings. The van der Waals surface area contributed by atoms with Gasteiger partial charge in [-0.15, -0.1) is 0 Å². The number of methoxy groups -OCH3 is 1. The van der Waals surface area contributed by atoms with E-state index in [1.807, 2.05) is 23.7 Å². The summed E-state index contributed by atoms with van der Waals surface area (Å²) in [6.07, 6.45) is 4.78. The lowest BCUT2D eigenvalue weighted by molar-refractivity contribution is 0.260. The Bertz CT molecular complexity index is 864. The first-order chi connectivity index (χ1) is 11.1. The number of aromatic nitrogens is 3. The van der Waals surface area contributed by atoms with E-state index in [9.17, 15) is 4.79 Å². The fourth-order valence-electron chi connectivity index (χ4n) is 2.24. The van der Waals surface area contributed by atoms with Crippen molar-refractivity contribution in [3.63, 3.8) is 0 Å². The van der Waals surface area contributed by atoms with Gasteiger partial charge in [0, 0.05) is 19.3 Å². The molecular weight excluding hydrogens is 314 g/mol. The maximum atomic E-state index is 12.5. The van der Waals surface area contributed by atoms with Gasteiger partial charge in [0.15, 0.2) is 0 Å². The van der Waals surface area contributed by atoms with Crippen LogP contribution in [0.5, 0.6) is 5.75 Å². The van der Waals surface area contributed by atoms with Crippen molar-refractivity contribution in [2.75, 3.05) is 16.7 Å². The lowest BCUT2D eigenvalue weighted by Crippen LogP contribution is -2.27. The van der Waals surface area contributed by atoms with E-state index < -0.39 is 6.03 Å². The Morgan fingerprint density at radius 2 is 2.22 bits per heavy atom. The number of fused-ring (bicyclic) bond motifs is 1. The molecule has 1 N–H and O–H groups in total. The highest BCUT2D eigenvalue weighted by Gasteiger charge is 2.18. The maximum absolute atomic E-state index is 12.5. The van der Waals surface area contributed by atoms with Gasteiger partial charge >= 0.3 is 6.03 Å². The number of anilines is 2. The summed E-state index contributed by atoms with van der Waals surface area (Å²) in [6, 6.07) is 6.80. The van der Waals surface area contributed by atoms with Crippen LogP contribution in [0.1, 0.15) is 0 Å². The number of thiol groups is 1. The highest BCUT2D eigenvalue weighted by atomic mass is 32.1. The average molecular weight is 329 g/mol. The summed E-state index contributed by atoms with van der Waals surface area (Å²) in [5.41, 5.74) is 2.69. The Hall–Kier alpha value is -2.74. The number of imidazole rings is 1. The van der Waals surface area contributed by atoms with Crippen LogP contribution in [0.15, 0.2) is 43.0 Å². The van der Waals surface area contributed by atoms with Crippen LogP contribution in [0.4, 0.5) is 16.2 Å². The Morgan fingerprint density at radius 1 is 1.39 bits per heavy atom. The smallest absolute Gasteiger partial charge is 0.336 e. The van der Waals surface area contributed by atoms with E-state index in [2.05, 4.69) is 28.1 Å². The minimum Gasteiger partial charge on any atom is -0.494 e. The number of nitrogens with zero attached hydrogens (tertiary/aromatic N) is 4. The Morgan fingerprint density at radius 3 is 3.00 bits per heavy atom. The van der Waals surface area contributed by atoms with Crippen molar-refractivity contribution in [1.29, 1.82) is 0 Å². The largest absolute Gasteiger partial charge is 0.494 e. The first-order valence-corrected chi connectivity index (χ1v) is 7.20. The van der Waals surface area contributed by atoms with Crippen molar-refractivity contribution in [2.24, 2.45) is 7.05 Å². The fraction of sp³-hybridized carbons (Fsp3) is 0.133. The van der Waals surface area contributed by atoms with Gasteiger partial charge in [0.25, 0.3) is 0 Å². The highest BCUT2D eigenvalue weighted by molar-refractivity contribution is 7.82. The minimum absolute atomic E-state index is 0.433. The van der Waals surface area contributed by atoms with Crippen LogP contribution in [0.2, 0.25) is 0 Å². The summed E-state index contributed by atoms with van der Waals surface area (Å²) in [4.78, 5) is 20.7. The molecular formula is C15H15N5O2S. The molecule has 8 heteroatoms. The second kappa shape index (κ2) is 6.17. The molecule has 0 saturated carbocycles. The zero-order chi connectivity index (χ0) is 16.4. The number of carbonyl (C=O) groups is 1. The highest BCUT2D eigenvalue weighted by Crippen LogP contribution is 2.29. The number of pyridine rings is 1. The molecule has 0 atom stereocenters. The molecule has 0 aliphatic carbocycles. The van der Waals surface area contributed by atoms with Crippen LogP contribution in [0.3, 0.4) is 0 Å². The van der Waals surface area contributed by atoms with Crippen molar-refractivity contribution in [3.8, 4) is 5.75 Å². The summed E-state index contributed by atoms with van der Waals surface area (Å²) >= 11 is 4.24. The molecule has 0 unspecified atom stereocenters. The van der Waals surface area contributed by atoms with Gasteiger partial charge in [0.1, 0.15) is 17.0 Å². The van der Waals surface area contributed by atoms with Crippen molar-refractivity contribution in [1.82, 2.24) is 14.5 Å². The summed E-state index contributed by atoms with van der Waals surface area (Å²) in [5.74, 6) is 0.501. The normalized spacial score (nSPS) is 10.6. The molecule has 0 spiro atoms. The third-order valence-corrected chi connectivity index (χ3v) is 3.80. The van der Waals surface area contributed by atoms with E-state index in [0.29, 0.717) is 22.6 Å². The van der Waals surface area contributed by atoms with Crippen molar-refractivity contribution < 1.29 is 9.53 Å². The lowest BCUT2D eigenvalue weighted by atomic mass is 10.2. The van der Waals surface area contributed by atoms with E-state index in [-0.39, 0.29) is 0 Å². The standard InChI is InChI=1S/C15H15N5O2S/c1-19-9-17-14-10(4-3-5-11(14)19)18-15(21)20(23)12-8-16-7-6-13(12)22-2/h3-9,23H,1-2H3,(H,18,21). The summed E-state index contributed by atoms with van der Waals surface area (Å²) < 4.78 is 8.24. The summed E-state index contributed by atoms with van der Waals surface area (Å²) in [7, 11) is 3.42. The van der Waals surface area contributed by atoms with Crippen LogP contribution in [0, 0.1) is 0 Å². The molecule has 23 heavy (non-hydrogen) atoms. The van der Waals surface area contributed by atoms with Crippen molar-refractivity contribution in [3.05, 3.63) is 43.0 Å². The Balaban J connectivity index is 1.88. The van der Waals surface area contributed by atoms with E-state index in [0.717, 1.165) is 9.82 Å². The molecule has 1 aromatic carbocycles. The van der Waals surface area contributed by atoms with Crippen LogP contribution in [-0.4, -0.2) is 27.7 Å². The van der Waals surface area contributed by atoms with Crippen LogP contribution in [-0.2, 0) is 7.05 Å². The van der Waals surface area contributed by atoms with Gasteiger partial charge in [-0.2, -0.15) is 0 Å². The zero-order valence-corrected chi connectivity index (χ0v) is 13.5. The molecule has 3 rings (SSSR count). The predicted molar refractivity (Wildman–Crippen MR) is 92.0 cm³/mol. The van der Waals surface area contributed by atoms with Crippen molar-refractivity contribution >= 4 is 41.3 Å². The lowest BCUT2D eigenvalue weighted by Gasteiger charge is -2.18. The summed E-state index contributed by atoms with van der Waals surface area (Å²) in [5, 5.41) is 2.80. The second-order valence-electron chi connectivity index (χ2n) is 4.82. The van der Waals surface area contributed by atoms with E-state index in [4.69, 9.17) is 4.74 Å². The number of hydrogen-bond donors (Lipinski definition) is 2. The van der Waals surface area contributed by atoms with Crippen LogP contribution < -0.4 is 14.4 Å². The monoisotopic (exact) mass is 329 g/mol. The SMILES string of the molecule is COc1ccncc1N(S)C(=O)Nc1cccc2c1ncn2C. The molecule has 7 nitrogen and oxygen atoms in total. The molecule has 2 aromatic heterocycles. The molecule has 2 amide bonds. The van der Waals surface area contributed by atoms with Crippen LogP contribution >= 0.6 is 12.8 Å². The second-order valence-corrected chi connectivity index (χ2v) is 5.22. The first kappa shape index (κ1) is 15.2. The summed E-state index contributed by atoms with van der Waals surface area (Å²) in [6.45, 7) is 0. The van der Waals surface area contributed by atoms with Gasteiger partial charge in [-0.1, -0.05) is 18.9 Å². The quantitative estimate of drug-likeness (QED) is 0.725. The van der Waals surface area contributed by atoms with Gasteiger partial charge in [-0.3, -0.25) is 4.98 Å². The average Bonchev–Trinajstić information content (AvgIpc) is 2.96. The number of carbonyl (C=O) groups excluding carboxylic acids is 1.